The van der Waals surface area contributed by atoms with Crippen molar-refractivity contribution < 1.29 is 23.6 Å². The number of benzene rings is 3. The minimum atomic E-state index is -0.638. The number of nitrogens with one attached hydrogen (secondary N) is 1. The van der Waals surface area contributed by atoms with Gasteiger partial charge in [-0.25, -0.2) is 4.79 Å². The maximum Gasteiger partial charge on any atom is 0.492 e. The molecular formula is C33H35BN2O5. The maximum absolute atomic E-state index is 12.9. The Hall–Kier alpha value is -4.06. The van der Waals surface area contributed by atoms with Crippen LogP contribution < -0.4 is 10.1 Å². The number of ether oxygens (including phenoxy) is 2. The number of hydrogen-bond donors (Lipinski definition) is 1. The summed E-state index contributed by atoms with van der Waals surface area (Å²) in [5, 5.41) is 11.6. The van der Waals surface area contributed by atoms with Gasteiger partial charge in [-0.2, -0.15) is 5.26 Å². The molecule has 0 aromatic heterocycles. The zero-order chi connectivity index (χ0) is 29.0. The molecule has 1 N–H and O–H groups in total. The lowest BCUT2D eigenvalue weighted by atomic mass is 9.77. The molecule has 2 aliphatic rings. The molecule has 41 heavy (non-hydrogen) atoms. The fraction of sp³-hybridized carbons (Fsp3) is 0.333. The zero-order valence-electron chi connectivity index (χ0n) is 24.0. The smallest absolute Gasteiger partial charge is 0.492 e. The van der Waals surface area contributed by atoms with Crippen molar-refractivity contribution in [3.05, 3.63) is 95.0 Å². The van der Waals surface area contributed by atoms with Gasteiger partial charge in [-0.3, -0.25) is 0 Å². The first kappa shape index (κ1) is 28.5. The molecule has 1 amide bonds. The number of hydrogen-bond acceptors (Lipinski definition) is 6. The molecule has 0 spiro atoms. The van der Waals surface area contributed by atoms with Crippen LogP contribution in [0.3, 0.4) is 0 Å². The molecule has 3 aromatic carbocycles. The Labute approximate surface area is 242 Å². The van der Waals surface area contributed by atoms with Gasteiger partial charge in [-0.15, -0.1) is 0 Å². The van der Waals surface area contributed by atoms with E-state index in [0.717, 1.165) is 11.0 Å². The van der Waals surface area contributed by atoms with E-state index in [0.29, 0.717) is 18.8 Å². The average Bonchev–Trinajstić information content (AvgIpc) is 3.39. The lowest BCUT2D eigenvalue weighted by Crippen LogP contribution is -2.41. The second-order valence-electron chi connectivity index (χ2n) is 11.3. The van der Waals surface area contributed by atoms with Gasteiger partial charge in [0, 0.05) is 12.5 Å². The van der Waals surface area contributed by atoms with Crippen LogP contribution in [-0.2, 0) is 14.0 Å². The molecule has 1 fully saturated rings. The zero-order valence-corrected chi connectivity index (χ0v) is 24.0. The monoisotopic (exact) mass is 550 g/mol. The molecule has 0 unspecified atom stereocenters. The number of nitriles is 1. The molecule has 1 aliphatic heterocycles. The second-order valence-corrected chi connectivity index (χ2v) is 11.3. The Morgan fingerprint density at radius 3 is 2.12 bits per heavy atom. The van der Waals surface area contributed by atoms with Crippen LogP contribution in [0.5, 0.6) is 5.75 Å². The number of rotatable bonds is 9. The highest BCUT2D eigenvalue weighted by Gasteiger charge is 2.52. The van der Waals surface area contributed by atoms with Crippen molar-refractivity contribution >= 4 is 19.3 Å². The molecular weight excluding hydrogens is 515 g/mol. The number of carbonyl (C=O) groups excluding carboxylic acids is 1. The molecule has 210 valence electrons. The SMILES string of the molecule is CC1(C)OB(C(=Cc2ccc(OCCC#N)cc2)CNC(=O)OCC2c3ccccc3-c3ccccc32)OC1(C)C. The lowest BCUT2D eigenvalue weighted by molar-refractivity contribution is 0.00578. The number of nitrogens with zero attached hydrogens (tertiary/aromatic N) is 1. The summed E-state index contributed by atoms with van der Waals surface area (Å²) in [5.74, 6) is 0.673. The lowest BCUT2D eigenvalue weighted by Gasteiger charge is -2.32. The Balaban J connectivity index is 1.27. The average molecular weight is 550 g/mol. The summed E-state index contributed by atoms with van der Waals surface area (Å²) in [6.45, 7) is 8.76. The van der Waals surface area contributed by atoms with Gasteiger partial charge in [0.25, 0.3) is 0 Å². The fourth-order valence-corrected chi connectivity index (χ4v) is 5.11. The molecule has 3 aromatic rings. The number of alkyl carbamates (subject to hydrolysis) is 1. The van der Waals surface area contributed by atoms with Crippen molar-refractivity contribution in [2.45, 2.75) is 51.2 Å². The van der Waals surface area contributed by atoms with Crippen LogP contribution in [0.15, 0.2) is 78.3 Å². The van der Waals surface area contributed by atoms with E-state index in [9.17, 15) is 4.79 Å². The first-order valence-corrected chi connectivity index (χ1v) is 13.9. The third-order valence-electron chi connectivity index (χ3n) is 8.05. The van der Waals surface area contributed by atoms with Crippen LogP contribution in [0.1, 0.15) is 56.7 Å². The summed E-state index contributed by atoms with van der Waals surface area (Å²) in [6, 6.07) is 26.1. The summed E-state index contributed by atoms with van der Waals surface area (Å²) in [4.78, 5) is 12.9. The normalized spacial score (nSPS) is 17.0. The summed E-state index contributed by atoms with van der Waals surface area (Å²) in [5.41, 5.74) is 5.30. The van der Waals surface area contributed by atoms with E-state index in [2.05, 4.69) is 35.7 Å². The Morgan fingerprint density at radius 2 is 1.54 bits per heavy atom. The van der Waals surface area contributed by atoms with Gasteiger partial charge in [-0.05, 0) is 73.1 Å². The van der Waals surface area contributed by atoms with E-state index < -0.39 is 24.4 Å². The first-order chi connectivity index (χ1) is 19.7. The van der Waals surface area contributed by atoms with E-state index in [1.807, 2.05) is 82.3 Å². The minimum absolute atomic E-state index is 0.0137. The standard InChI is InChI=1S/C33H35BN2O5/c1-32(2)33(3,4)41-34(40-32)24(20-23-14-16-25(17-15-23)38-19-9-18-35)21-36-31(37)39-22-30-28-12-7-5-10-26(28)27-11-6-8-13-29(27)30/h5-8,10-17,20,30H,9,19,21-22H2,1-4H3,(H,36,37). The van der Waals surface area contributed by atoms with Gasteiger partial charge in [-0.1, -0.05) is 66.7 Å². The fourth-order valence-electron chi connectivity index (χ4n) is 5.11. The highest BCUT2D eigenvalue weighted by molar-refractivity contribution is 6.56. The quantitative estimate of drug-likeness (QED) is 0.241. The topological polar surface area (TPSA) is 89.8 Å². The van der Waals surface area contributed by atoms with Crippen molar-refractivity contribution in [2.75, 3.05) is 19.8 Å². The minimum Gasteiger partial charge on any atom is -0.493 e. The highest BCUT2D eigenvalue weighted by atomic mass is 16.7. The van der Waals surface area contributed by atoms with Crippen LogP contribution in [-0.4, -0.2) is 44.2 Å². The summed E-state index contributed by atoms with van der Waals surface area (Å²) in [7, 11) is -0.638. The Kier molecular flexibility index (Phi) is 8.21. The van der Waals surface area contributed by atoms with Gasteiger partial charge in [0.2, 0.25) is 0 Å². The van der Waals surface area contributed by atoms with Crippen molar-refractivity contribution in [1.82, 2.24) is 5.32 Å². The molecule has 8 heteroatoms. The van der Waals surface area contributed by atoms with Crippen molar-refractivity contribution in [2.24, 2.45) is 0 Å². The van der Waals surface area contributed by atoms with E-state index in [1.165, 1.54) is 22.3 Å². The molecule has 0 bridgehead atoms. The van der Waals surface area contributed by atoms with Crippen LogP contribution in [0.25, 0.3) is 17.2 Å². The second kappa shape index (κ2) is 11.8. The molecule has 1 heterocycles. The largest absolute Gasteiger partial charge is 0.493 e. The summed E-state index contributed by atoms with van der Waals surface area (Å²) < 4.78 is 23.9. The predicted octanol–water partition coefficient (Wildman–Crippen LogP) is 6.53. The van der Waals surface area contributed by atoms with Crippen molar-refractivity contribution in [3.63, 3.8) is 0 Å². The van der Waals surface area contributed by atoms with Crippen molar-refractivity contribution in [3.8, 4) is 22.9 Å². The molecule has 1 saturated heterocycles. The molecule has 0 radical (unpaired) electrons. The summed E-state index contributed by atoms with van der Waals surface area (Å²) >= 11 is 0. The van der Waals surface area contributed by atoms with Gasteiger partial charge in [0.15, 0.2) is 0 Å². The predicted molar refractivity (Wildman–Crippen MR) is 159 cm³/mol. The van der Waals surface area contributed by atoms with E-state index in [4.69, 9.17) is 24.0 Å². The van der Waals surface area contributed by atoms with Crippen LogP contribution in [0, 0.1) is 11.3 Å². The Morgan fingerprint density at radius 1 is 0.951 bits per heavy atom. The molecule has 7 nitrogen and oxygen atoms in total. The summed E-state index contributed by atoms with van der Waals surface area (Å²) in [6.07, 6.45) is 1.77. The van der Waals surface area contributed by atoms with Gasteiger partial charge in [0.1, 0.15) is 19.0 Å². The first-order valence-electron chi connectivity index (χ1n) is 13.9. The van der Waals surface area contributed by atoms with Gasteiger partial charge < -0.3 is 24.1 Å². The molecule has 1 aliphatic carbocycles. The molecule has 0 atom stereocenters. The number of carbonyl (C=O) groups is 1. The number of amides is 1. The highest BCUT2D eigenvalue weighted by Crippen LogP contribution is 2.44. The van der Waals surface area contributed by atoms with E-state index in [-0.39, 0.29) is 19.1 Å². The van der Waals surface area contributed by atoms with Crippen LogP contribution in [0.2, 0.25) is 0 Å². The van der Waals surface area contributed by atoms with Crippen LogP contribution >= 0.6 is 0 Å². The van der Waals surface area contributed by atoms with Gasteiger partial charge in [0.05, 0.1) is 23.7 Å². The number of fused-ring (bicyclic) bond motifs is 3. The van der Waals surface area contributed by atoms with E-state index in [1.54, 1.807) is 0 Å². The third-order valence-corrected chi connectivity index (χ3v) is 8.05. The van der Waals surface area contributed by atoms with Crippen LogP contribution in [0.4, 0.5) is 4.79 Å². The maximum atomic E-state index is 12.9. The third kappa shape index (κ3) is 6.17. The molecule has 5 rings (SSSR count). The Bertz CT molecular complexity index is 1410. The van der Waals surface area contributed by atoms with Crippen molar-refractivity contribution in [1.29, 1.82) is 5.26 Å². The molecule has 0 saturated carbocycles. The van der Waals surface area contributed by atoms with Gasteiger partial charge >= 0.3 is 13.2 Å². The van der Waals surface area contributed by atoms with E-state index >= 15 is 0 Å².